The van der Waals surface area contributed by atoms with Crippen molar-refractivity contribution in [1.82, 2.24) is 15.1 Å². The number of amides is 1. The van der Waals surface area contributed by atoms with Gasteiger partial charge < -0.3 is 10.2 Å². The van der Waals surface area contributed by atoms with Crippen LogP contribution in [-0.2, 0) is 23.1 Å². The van der Waals surface area contributed by atoms with E-state index in [-0.39, 0.29) is 10.8 Å². The molecule has 3 aromatic carbocycles. The first-order chi connectivity index (χ1) is 16.8. The number of carbonyl (C=O) groups excluding carboxylic acids is 1. The summed E-state index contributed by atoms with van der Waals surface area (Å²) < 4.78 is 27.9. The summed E-state index contributed by atoms with van der Waals surface area (Å²) >= 11 is 0. The molecule has 0 radical (unpaired) electrons. The SMILES string of the molecule is Cc1ccc(NS(=O)(=O)c2ccc(C(=O)NCc3cccc(CN4CCN(C)CC4)c3)cc2)cc1. The molecule has 0 aliphatic carbocycles. The maximum Gasteiger partial charge on any atom is 0.261 e. The molecular weight excluding hydrogens is 460 g/mol. The number of hydrogen-bond donors (Lipinski definition) is 2. The van der Waals surface area contributed by atoms with E-state index in [1.165, 1.54) is 29.8 Å². The number of rotatable bonds is 8. The van der Waals surface area contributed by atoms with Crippen LogP contribution in [0.3, 0.4) is 0 Å². The summed E-state index contributed by atoms with van der Waals surface area (Å²) in [4.78, 5) is 17.5. The Morgan fingerprint density at radius 3 is 2.23 bits per heavy atom. The molecule has 0 bridgehead atoms. The summed E-state index contributed by atoms with van der Waals surface area (Å²) in [5, 5.41) is 2.93. The summed E-state index contributed by atoms with van der Waals surface area (Å²) in [7, 11) is -1.58. The van der Waals surface area contributed by atoms with Gasteiger partial charge in [0.25, 0.3) is 15.9 Å². The van der Waals surface area contributed by atoms with Gasteiger partial charge in [0, 0.05) is 50.5 Å². The summed E-state index contributed by atoms with van der Waals surface area (Å²) in [5.74, 6) is -0.245. The fourth-order valence-electron chi connectivity index (χ4n) is 4.01. The van der Waals surface area contributed by atoms with Gasteiger partial charge in [-0.2, -0.15) is 0 Å². The third-order valence-electron chi connectivity index (χ3n) is 6.18. The Morgan fingerprint density at radius 2 is 1.54 bits per heavy atom. The van der Waals surface area contributed by atoms with Crippen molar-refractivity contribution in [3.63, 3.8) is 0 Å². The highest BCUT2D eigenvalue weighted by molar-refractivity contribution is 7.92. The molecule has 4 rings (SSSR count). The second-order valence-corrected chi connectivity index (χ2v) is 10.8. The molecule has 184 valence electrons. The van der Waals surface area contributed by atoms with Crippen LogP contribution in [-0.4, -0.2) is 57.4 Å². The van der Waals surface area contributed by atoms with Gasteiger partial charge in [-0.3, -0.25) is 14.4 Å². The summed E-state index contributed by atoms with van der Waals surface area (Å²) in [5.41, 5.74) is 4.22. The molecule has 8 heteroatoms. The Morgan fingerprint density at radius 1 is 0.886 bits per heavy atom. The van der Waals surface area contributed by atoms with E-state index in [9.17, 15) is 13.2 Å². The Hall–Kier alpha value is -3.20. The number of nitrogens with zero attached hydrogens (tertiary/aromatic N) is 2. The highest BCUT2D eigenvalue weighted by Crippen LogP contribution is 2.17. The molecule has 1 fully saturated rings. The van der Waals surface area contributed by atoms with Crippen molar-refractivity contribution in [3.8, 4) is 0 Å². The van der Waals surface area contributed by atoms with Crippen LogP contribution in [0.4, 0.5) is 5.69 Å². The van der Waals surface area contributed by atoms with E-state index in [0.717, 1.165) is 43.9 Å². The number of nitrogens with one attached hydrogen (secondary N) is 2. The minimum Gasteiger partial charge on any atom is -0.348 e. The van der Waals surface area contributed by atoms with Gasteiger partial charge in [0.15, 0.2) is 0 Å². The molecule has 1 aliphatic rings. The van der Waals surface area contributed by atoms with Crippen LogP contribution in [0.1, 0.15) is 27.0 Å². The zero-order valence-corrected chi connectivity index (χ0v) is 21.0. The quantitative estimate of drug-likeness (QED) is 0.503. The minimum atomic E-state index is -3.73. The first kappa shape index (κ1) is 24.9. The summed E-state index contributed by atoms with van der Waals surface area (Å²) in [6.07, 6.45) is 0. The number of anilines is 1. The second kappa shape index (κ2) is 11.0. The fourth-order valence-corrected chi connectivity index (χ4v) is 5.07. The molecule has 1 aliphatic heterocycles. The molecular formula is C27H32N4O3S. The van der Waals surface area contributed by atoms with Gasteiger partial charge in [-0.05, 0) is 61.5 Å². The molecule has 0 saturated carbocycles. The van der Waals surface area contributed by atoms with Crippen molar-refractivity contribution < 1.29 is 13.2 Å². The lowest BCUT2D eigenvalue weighted by molar-refractivity contribution is 0.0950. The van der Waals surface area contributed by atoms with E-state index in [0.29, 0.717) is 17.8 Å². The molecule has 7 nitrogen and oxygen atoms in total. The van der Waals surface area contributed by atoms with Crippen LogP contribution in [0.15, 0.2) is 77.7 Å². The van der Waals surface area contributed by atoms with Crippen molar-refractivity contribution >= 4 is 21.6 Å². The zero-order valence-electron chi connectivity index (χ0n) is 20.2. The van der Waals surface area contributed by atoms with Gasteiger partial charge in [-0.25, -0.2) is 8.42 Å². The smallest absolute Gasteiger partial charge is 0.261 e. The van der Waals surface area contributed by atoms with Crippen molar-refractivity contribution in [2.75, 3.05) is 37.9 Å². The fraction of sp³-hybridized carbons (Fsp3) is 0.296. The van der Waals surface area contributed by atoms with Crippen LogP contribution < -0.4 is 10.0 Å². The predicted octanol–water partition coefficient (Wildman–Crippen LogP) is 3.47. The largest absolute Gasteiger partial charge is 0.348 e. The molecule has 0 unspecified atom stereocenters. The molecule has 35 heavy (non-hydrogen) atoms. The molecule has 3 aromatic rings. The molecule has 1 saturated heterocycles. The van der Waals surface area contributed by atoms with E-state index in [1.54, 1.807) is 12.1 Å². The highest BCUT2D eigenvalue weighted by atomic mass is 32.2. The number of carbonyl (C=O) groups is 1. The van der Waals surface area contributed by atoms with Crippen molar-refractivity contribution in [3.05, 3.63) is 95.1 Å². The maximum absolute atomic E-state index is 12.7. The van der Waals surface area contributed by atoms with Crippen LogP contribution in [0, 0.1) is 6.92 Å². The highest BCUT2D eigenvalue weighted by Gasteiger charge is 2.16. The molecule has 0 atom stereocenters. The van der Waals surface area contributed by atoms with Crippen LogP contribution in [0.25, 0.3) is 0 Å². The van der Waals surface area contributed by atoms with E-state index in [2.05, 4.69) is 39.0 Å². The number of aryl methyl sites for hydroxylation is 1. The molecule has 0 aromatic heterocycles. The lowest BCUT2D eigenvalue weighted by Gasteiger charge is -2.32. The molecule has 1 amide bonds. The third kappa shape index (κ3) is 6.91. The Labute approximate surface area is 207 Å². The monoisotopic (exact) mass is 492 g/mol. The average molecular weight is 493 g/mol. The van der Waals surface area contributed by atoms with Gasteiger partial charge in [-0.1, -0.05) is 42.0 Å². The first-order valence-electron chi connectivity index (χ1n) is 11.7. The van der Waals surface area contributed by atoms with Gasteiger partial charge in [0.05, 0.1) is 4.90 Å². The van der Waals surface area contributed by atoms with E-state index >= 15 is 0 Å². The van der Waals surface area contributed by atoms with Gasteiger partial charge >= 0.3 is 0 Å². The maximum atomic E-state index is 12.7. The van der Waals surface area contributed by atoms with Crippen molar-refractivity contribution in [1.29, 1.82) is 0 Å². The normalized spacial score (nSPS) is 15.0. The van der Waals surface area contributed by atoms with Crippen LogP contribution in [0.2, 0.25) is 0 Å². The van der Waals surface area contributed by atoms with Gasteiger partial charge in [-0.15, -0.1) is 0 Å². The third-order valence-corrected chi connectivity index (χ3v) is 7.57. The lowest BCUT2D eigenvalue weighted by Crippen LogP contribution is -2.43. The lowest BCUT2D eigenvalue weighted by atomic mass is 10.1. The first-order valence-corrected chi connectivity index (χ1v) is 13.2. The van der Waals surface area contributed by atoms with Crippen LogP contribution in [0.5, 0.6) is 0 Å². The number of benzene rings is 3. The van der Waals surface area contributed by atoms with Gasteiger partial charge in [0.1, 0.15) is 0 Å². The summed E-state index contributed by atoms with van der Waals surface area (Å²) in [6, 6.07) is 21.3. The van der Waals surface area contributed by atoms with Crippen molar-refractivity contribution in [2.45, 2.75) is 24.9 Å². The molecule has 2 N–H and O–H groups in total. The number of hydrogen-bond acceptors (Lipinski definition) is 5. The Bertz CT molecular complexity index is 1250. The minimum absolute atomic E-state index is 0.103. The van der Waals surface area contributed by atoms with E-state index in [4.69, 9.17) is 0 Å². The molecule has 0 spiro atoms. The van der Waals surface area contributed by atoms with Crippen molar-refractivity contribution in [2.24, 2.45) is 0 Å². The van der Waals surface area contributed by atoms with E-state index < -0.39 is 10.0 Å². The Kier molecular flexibility index (Phi) is 7.85. The topological polar surface area (TPSA) is 81.7 Å². The molecule has 1 heterocycles. The zero-order chi connectivity index (χ0) is 24.8. The Balaban J connectivity index is 1.33. The average Bonchev–Trinajstić information content (AvgIpc) is 2.86. The second-order valence-electron chi connectivity index (χ2n) is 9.08. The number of likely N-dealkylation sites (N-methyl/N-ethyl adjacent to an activating group) is 1. The number of sulfonamides is 1. The predicted molar refractivity (Wildman–Crippen MR) is 139 cm³/mol. The van der Waals surface area contributed by atoms with Gasteiger partial charge in [0.2, 0.25) is 0 Å². The summed E-state index contributed by atoms with van der Waals surface area (Å²) in [6.45, 7) is 7.53. The van der Waals surface area contributed by atoms with E-state index in [1.807, 2.05) is 31.2 Å². The standard InChI is InChI=1S/C27H32N4O3S/c1-21-6-10-25(11-7-21)29-35(33,34)26-12-8-24(9-13-26)27(32)28-19-22-4-3-5-23(18-22)20-31-16-14-30(2)15-17-31/h3-13,18,29H,14-17,19-20H2,1-2H3,(H,28,32). The van der Waals surface area contributed by atoms with Crippen LogP contribution >= 0.6 is 0 Å². The number of piperazine rings is 1.